The third kappa shape index (κ3) is 5.69. The zero-order valence-corrected chi connectivity index (χ0v) is 11.9. The first-order valence-electron chi connectivity index (χ1n) is 6.06. The van der Waals surface area contributed by atoms with E-state index in [9.17, 15) is 4.79 Å². The van der Waals surface area contributed by atoms with Crippen molar-refractivity contribution in [3.05, 3.63) is 0 Å². The molecule has 0 aromatic heterocycles. The van der Waals surface area contributed by atoms with E-state index in [-0.39, 0.29) is 5.91 Å². The van der Waals surface area contributed by atoms with Gasteiger partial charge in [0.15, 0.2) is 0 Å². The molecule has 0 aliphatic heterocycles. The summed E-state index contributed by atoms with van der Waals surface area (Å²) >= 11 is 0. The van der Waals surface area contributed by atoms with E-state index in [0.29, 0.717) is 19.0 Å². The van der Waals surface area contributed by atoms with E-state index in [1.807, 2.05) is 19.0 Å². The summed E-state index contributed by atoms with van der Waals surface area (Å²) in [6, 6.07) is 2.08. The highest BCUT2D eigenvalue weighted by Crippen LogP contribution is 2.18. The topological polar surface area (TPSA) is 47.3 Å². The fraction of sp³-hybridized carbons (Fsp3) is 0.846. The van der Waals surface area contributed by atoms with E-state index >= 15 is 0 Å². The highest BCUT2D eigenvalue weighted by Gasteiger charge is 2.32. The quantitative estimate of drug-likeness (QED) is 0.707. The van der Waals surface area contributed by atoms with Gasteiger partial charge in [0, 0.05) is 19.6 Å². The lowest BCUT2D eigenvalue weighted by Crippen LogP contribution is -2.45. The second kappa shape index (κ2) is 6.61. The highest BCUT2D eigenvalue weighted by molar-refractivity contribution is 5.84. The first kappa shape index (κ1) is 15.9. The molecule has 0 heterocycles. The maximum Gasteiger partial charge on any atom is 0.242 e. The summed E-state index contributed by atoms with van der Waals surface area (Å²) in [5.41, 5.74) is -0.929. The van der Waals surface area contributed by atoms with Gasteiger partial charge in [-0.2, -0.15) is 5.26 Å². The lowest BCUT2D eigenvalue weighted by molar-refractivity contribution is -0.138. The third-order valence-corrected chi connectivity index (χ3v) is 2.50. The minimum Gasteiger partial charge on any atom is -0.340 e. The molecule has 1 amide bonds. The van der Waals surface area contributed by atoms with Crippen LogP contribution in [0.25, 0.3) is 0 Å². The average Bonchev–Trinajstić information content (AvgIpc) is 2.22. The normalized spacial score (nSPS) is 11.7. The van der Waals surface area contributed by atoms with Gasteiger partial charge in [-0.1, -0.05) is 13.8 Å². The average molecular weight is 239 g/mol. The third-order valence-electron chi connectivity index (χ3n) is 2.50. The zero-order valence-electron chi connectivity index (χ0n) is 11.9. The molecule has 0 radical (unpaired) electrons. The van der Waals surface area contributed by atoms with Crippen LogP contribution in [-0.2, 0) is 4.79 Å². The Bertz CT molecular complexity index is 290. The van der Waals surface area contributed by atoms with Crippen LogP contribution in [0, 0.1) is 22.7 Å². The Morgan fingerprint density at radius 2 is 1.82 bits per heavy atom. The summed E-state index contributed by atoms with van der Waals surface area (Å²) in [5.74, 6) is 0.339. The molecule has 0 atom stereocenters. The van der Waals surface area contributed by atoms with Crippen LogP contribution in [0.15, 0.2) is 0 Å². The summed E-state index contributed by atoms with van der Waals surface area (Å²) < 4.78 is 0. The standard InChI is InChI=1S/C13H25N3O/c1-11(2)9-16(8-7-15(5)6)12(17)13(3,4)10-14/h11H,7-9H2,1-6H3. The number of nitriles is 1. The fourth-order valence-electron chi connectivity index (χ4n) is 1.48. The SMILES string of the molecule is CC(C)CN(CCN(C)C)C(=O)C(C)(C)C#N. The minimum atomic E-state index is -0.929. The van der Waals surface area contributed by atoms with Crippen molar-refractivity contribution >= 4 is 5.91 Å². The van der Waals surface area contributed by atoms with Crippen molar-refractivity contribution in [1.82, 2.24) is 9.80 Å². The van der Waals surface area contributed by atoms with Crippen molar-refractivity contribution in [2.75, 3.05) is 33.7 Å². The van der Waals surface area contributed by atoms with E-state index in [4.69, 9.17) is 5.26 Å². The molecule has 4 heteroatoms. The van der Waals surface area contributed by atoms with Gasteiger partial charge in [0.05, 0.1) is 6.07 Å². The van der Waals surface area contributed by atoms with Crippen molar-refractivity contribution in [3.63, 3.8) is 0 Å². The molecule has 0 spiro atoms. The molecule has 0 aromatic carbocycles. The van der Waals surface area contributed by atoms with Gasteiger partial charge < -0.3 is 9.80 Å². The van der Waals surface area contributed by atoms with Crippen LogP contribution < -0.4 is 0 Å². The van der Waals surface area contributed by atoms with Crippen molar-refractivity contribution in [3.8, 4) is 6.07 Å². The molecule has 0 aromatic rings. The van der Waals surface area contributed by atoms with Gasteiger partial charge in [-0.3, -0.25) is 4.79 Å². The molecule has 0 fully saturated rings. The van der Waals surface area contributed by atoms with E-state index in [1.165, 1.54) is 0 Å². The summed E-state index contributed by atoms with van der Waals surface area (Å²) in [6.45, 7) is 9.72. The lowest BCUT2D eigenvalue weighted by atomic mass is 9.93. The number of rotatable bonds is 6. The Balaban J connectivity index is 4.69. The van der Waals surface area contributed by atoms with Gasteiger partial charge in [0.2, 0.25) is 5.91 Å². The van der Waals surface area contributed by atoms with Crippen LogP contribution in [0.5, 0.6) is 0 Å². The fourth-order valence-corrected chi connectivity index (χ4v) is 1.48. The van der Waals surface area contributed by atoms with Gasteiger partial charge in [-0.25, -0.2) is 0 Å². The number of carbonyl (C=O) groups excluding carboxylic acids is 1. The lowest BCUT2D eigenvalue weighted by Gasteiger charge is -2.30. The Morgan fingerprint density at radius 1 is 1.29 bits per heavy atom. The number of amides is 1. The highest BCUT2D eigenvalue weighted by atomic mass is 16.2. The van der Waals surface area contributed by atoms with Crippen molar-refractivity contribution in [2.24, 2.45) is 11.3 Å². The predicted molar refractivity (Wildman–Crippen MR) is 69.4 cm³/mol. The first-order valence-corrected chi connectivity index (χ1v) is 6.06. The van der Waals surface area contributed by atoms with Crippen LogP contribution in [0.3, 0.4) is 0 Å². The Kier molecular flexibility index (Phi) is 6.19. The molecule has 4 nitrogen and oxygen atoms in total. The molecule has 0 N–H and O–H groups in total. The molecule has 0 aliphatic carbocycles. The first-order chi connectivity index (χ1) is 7.70. The van der Waals surface area contributed by atoms with Crippen LogP contribution in [0.1, 0.15) is 27.7 Å². The van der Waals surface area contributed by atoms with Crippen LogP contribution >= 0.6 is 0 Å². The van der Waals surface area contributed by atoms with Gasteiger partial charge in [-0.15, -0.1) is 0 Å². The molecule has 0 unspecified atom stereocenters. The smallest absolute Gasteiger partial charge is 0.242 e. The Labute approximate surface area is 105 Å². The van der Waals surface area contributed by atoms with Gasteiger partial charge >= 0.3 is 0 Å². The minimum absolute atomic E-state index is 0.0736. The second-order valence-electron chi connectivity index (χ2n) is 5.69. The molecular formula is C13H25N3O. The van der Waals surface area contributed by atoms with Crippen molar-refractivity contribution in [1.29, 1.82) is 5.26 Å². The van der Waals surface area contributed by atoms with Gasteiger partial charge in [-0.05, 0) is 33.9 Å². The second-order valence-corrected chi connectivity index (χ2v) is 5.69. The summed E-state index contributed by atoms with van der Waals surface area (Å²) in [4.78, 5) is 16.1. The van der Waals surface area contributed by atoms with Crippen molar-refractivity contribution in [2.45, 2.75) is 27.7 Å². The van der Waals surface area contributed by atoms with E-state index in [0.717, 1.165) is 6.54 Å². The summed E-state index contributed by atoms with van der Waals surface area (Å²) in [7, 11) is 3.96. The number of likely N-dealkylation sites (N-methyl/N-ethyl adjacent to an activating group) is 1. The molecule has 0 saturated carbocycles. The van der Waals surface area contributed by atoms with Crippen LogP contribution in [0.2, 0.25) is 0 Å². The Hall–Kier alpha value is -1.08. The number of hydrogen-bond acceptors (Lipinski definition) is 3. The van der Waals surface area contributed by atoms with E-state index in [2.05, 4.69) is 19.9 Å². The van der Waals surface area contributed by atoms with Crippen LogP contribution in [0.4, 0.5) is 0 Å². The van der Waals surface area contributed by atoms with E-state index in [1.54, 1.807) is 18.7 Å². The molecule has 0 aliphatic rings. The maximum absolute atomic E-state index is 12.2. The number of nitrogens with zero attached hydrogens (tertiary/aromatic N) is 3. The largest absolute Gasteiger partial charge is 0.340 e. The zero-order chi connectivity index (χ0) is 13.6. The predicted octanol–water partition coefficient (Wildman–Crippen LogP) is 1.58. The van der Waals surface area contributed by atoms with E-state index < -0.39 is 5.41 Å². The molecule has 98 valence electrons. The Morgan fingerprint density at radius 3 is 2.18 bits per heavy atom. The monoisotopic (exact) mass is 239 g/mol. The molecule has 0 rings (SSSR count). The van der Waals surface area contributed by atoms with Gasteiger partial charge in [0.1, 0.15) is 5.41 Å². The van der Waals surface area contributed by atoms with Crippen LogP contribution in [-0.4, -0.2) is 49.4 Å². The maximum atomic E-state index is 12.2. The molecule has 0 bridgehead atoms. The number of hydrogen-bond donors (Lipinski definition) is 0. The number of carbonyl (C=O) groups is 1. The summed E-state index contributed by atoms with van der Waals surface area (Å²) in [5, 5.41) is 9.02. The molecule has 17 heavy (non-hydrogen) atoms. The molecular weight excluding hydrogens is 214 g/mol. The summed E-state index contributed by atoms with van der Waals surface area (Å²) in [6.07, 6.45) is 0. The van der Waals surface area contributed by atoms with Gasteiger partial charge in [0.25, 0.3) is 0 Å². The molecule has 0 saturated heterocycles. The van der Waals surface area contributed by atoms with Crippen molar-refractivity contribution < 1.29 is 4.79 Å².